The number of hydrogen-bond acceptors (Lipinski definition) is 2. The number of nitrogens with zero attached hydrogens (tertiary/aromatic N) is 1. The minimum Gasteiger partial charge on any atom is -0.352 e. The van der Waals surface area contributed by atoms with Crippen LogP contribution in [0, 0.1) is 11.2 Å². The zero-order chi connectivity index (χ0) is 26.0. The highest BCUT2D eigenvalue weighted by Gasteiger charge is 2.21. The number of aryl methyl sites for hydroxylation is 1. The van der Waals surface area contributed by atoms with Gasteiger partial charge in [0.2, 0.25) is 5.91 Å². The Morgan fingerprint density at radius 3 is 2.39 bits per heavy atom. The van der Waals surface area contributed by atoms with Gasteiger partial charge in [-0.25, -0.2) is 4.39 Å². The summed E-state index contributed by atoms with van der Waals surface area (Å²) in [5, 5.41) is 7.19. The zero-order valence-electron chi connectivity index (χ0n) is 20.8. The minimum atomic E-state index is -0.484. The molecular formula is C29H29ClFN3O2. The van der Waals surface area contributed by atoms with Crippen LogP contribution in [-0.4, -0.2) is 16.4 Å². The molecule has 0 fully saturated rings. The Hall–Kier alpha value is -3.64. The Kier molecular flexibility index (Phi) is 7.18. The van der Waals surface area contributed by atoms with Crippen molar-refractivity contribution in [2.45, 2.75) is 40.8 Å². The molecule has 0 aliphatic rings. The third-order valence-electron chi connectivity index (χ3n) is 6.02. The number of amides is 2. The number of aromatic nitrogens is 1. The summed E-state index contributed by atoms with van der Waals surface area (Å²) in [7, 11) is 0. The molecule has 1 heterocycles. The van der Waals surface area contributed by atoms with E-state index in [1.54, 1.807) is 30.3 Å². The van der Waals surface area contributed by atoms with Crippen LogP contribution in [0.1, 0.15) is 43.6 Å². The van der Waals surface area contributed by atoms with Crippen LogP contribution in [0.3, 0.4) is 0 Å². The van der Waals surface area contributed by atoms with Gasteiger partial charge in [0, 0.05) is 35.1 Å². The molecule has 0 atom stereocenters. The van der Waals surface area contributed by atoms with Crippen molar-refractivity contribution in [3.63, 3.8) is 0 Å². The number of carbonyl (C=O) groups is 2. The number of hydrogen-bond donors (Lipinski definition) is 2. The molecule has 7 heteroatoms. The molecule has 0 saturated heterocycles. The molecule has 0 spiro atoms. The lowest BCUT2D eigenvalue weighted by Gasteiger charge is -2.17. The van der Waals surface area contributed by atoms with Crippen LogP contribution in [0.25, 0.3) is 22.2 Å². The quantitative estimate of drug-likeness (QED) is 0.295. The summed E-state index contributed by atoms with van der Waals surface area (Å²) in [4.78, 5) is 25.2. The highest BCUT2D eigenvalue weighted by Crippen LogP contribution is 2.39. The summed E-state index contributed by atoms with van der Waals surface area (Å²) < 4.78 is 15.5. The lowest BCUT2D eigenvalue weighted by Crippen LogP contribution is -2.34. The molecule has 0 radical (unpaired) electrons. The minimum absolute atomic E-state index is 0.0541. The van der Waals surface area contributed by atoms with E-state index in [9.17, 15) is 14.0 Å². The fourth-order valence-corrected chi connectivity index (χ4v) is 4.45. The average molecular weight is 506 g/mol. The third-order valence-corrected chi connectivity index (χ3v) is 6.40. The van der Waals surface area contributed by atoms with Crippen molar-refractivity contribution in [1.29, 1.82) is 0 Å². The molecule has 1 aromatic heterocycles. The van der Waals surface area contributed by atoms with Gasteiger partial charge in [0.1, 0.15) is 5.82 Å². The Morgan fingerprint density at radius 1 is 1.00 bits per heavy atom. The largest absolute Gasteiger partial charge is 0.352 e. The van der Waals surface area contributed by atoms with Crippen LogP contribution < -0.4 is 10.6 Å². The van der Waals surface area contributed by atoms with E-state index < -0.39 is 5.41 Å². The van der Waals surface area contributed by atoms with Crippen molar-refractivity contribution in [3.05, 3.63) is 88.7 Å². The zero-order valence-corrected chi connectivity index (χ0v) is 21.5. The molecule has 0 saturated carbocycles. The highest BCUT2D eigenvalue weighted by atomic mass is 35.5. The van der Waals surface area contributed by atoms with E-state index >= 15 is 0 Å². The number of nitrogens with one attached hydrogen (secondary N) is 2. The van der Waals surface area contributed by atoms with E-state index in [1.807, 2.05) is 52.0 Å². The van der Waals surface area contributed by atoms with Crippen LogP contribution in [0.4, 0.5) is 10.1 Å². The van der Waals surface area contributed by atoms with Gasteiger partial charge in [-0.2, -0.15) is 0 Å². The monoisotopic (exact) mass is 505 g/mol. The summed E-state index contributed by atoms with van der Waals surface area (Å²) in [6.45, 7) is 8.61. The normalized spacial score (nSPS) is 11.5. The lowest BCUT2D eigenvalue weighted by molar-refractivity contribution is -0.128. The number of halogens is 2. The van der Waals surface area contributed by atoms with Crippen LogP contribution in [0.5, 0.6) is 0 Å². The van der Waals surface area contributed by atoms with Crippen molar-refractivity contribution in [3.8, 4) is 11.3 Å². The number of rotatable bonds is 6. The maximum atomic E-state index is 13.5. The number of anilines is 1. The lowest BCUT2D eigenvalue weighted by atomic mass is 9.95. The van der Waals surface area contributed by atoms with Gasteiger partial charge >= 0.3 is 0 Å². The maximum absolute atomic E-state index is 13.5. The Morgan fingerprint density at radius 2 is 1.72 bits per heavy atom. The first-order valence-electron chi connectivity index (χ1n) is 11.8. The molecule has 0 bridgehead atoms. The van der Waals surface area contributed by atoms with Crippen LogP contribution in [-0.2, 0) is 17.9 Å². The van der Waals surface area contributed by atoms with Gasteiger partial charge < -0.3 is 15.2 Å². The number of fused-ring (bicyclic) bond motifs is 1. The average Bonchev–Trinajstić information content (AvgIpc) is 3.13. The molecular weight excluding hydrogens is 477 g/mol. The first kappa shape index (κ1) is 25.5. The first-order chi connectivity index (χ1) is 17.1. The van der Waals surface area contributed by atoms with Gasteiger partial charge in [0.05, 0.1) is 16.2 Å². The molecule has 2 amide bonds. The second-order valence-electron chi connectivity index (χ2n) is 9.73. The van der Waals surface area contributed by atoms with Crippen molar-refractivity contribution in [1.82, 2.24) is 9.88 Å². The van der Waals surface area contributed by atoms with E-state index in [-0.39, 0.29) is 17.6 Å². The van der Waals surface area contributed by atoms with Gasteiger partial charge in [0.25, 0.3) is 5.91 Å². The van der Waals surface area contributed by atoms with Gasteiger partial charge in [-0.3, -0.25) is 9.59 Å². The Labute approximate surface area is 215 Å². The van der Waals surface area contributed by atoms with Crippen molar-refractivity contribution < 1.29 is 14.0 Å². The summed E-state index contributed by atoms with van der Waals surface area (Å²) in [5.41, 5.74) is 4.01. The summed E-state index contributed by atoms with van der Waals surface area (Å²) in [5.74, 6) is -0.621. The van der Waals surface area contributed by atoms with Crippen LogP contribution in [0.2, 0.25) is 5.02 Å². The SMILES string of the molecule is CCn1c(-c2ccc(F)cc2)c(Cl)c2cc(NC(=O)c3cccc(CNC(=O)C(C)(C)C)c3)ccc21. The van der Waals surface area contributed by atoms with Crippen molar-refractivity contribution in [2.75, 3.05) is 5.32 Å². The van der Waals surface area contributed by atoms with Gasteiger partial charge in [-0.15, -0.1) is 0 Å². The highest BCUT2D eigenvalue weighted by molar-refractivity contribution is 6.38. The van der Waals surface area contributed by atoms with Crippen LogP contribution in [0.15, 0.2) is 66.7 Å². The molecule has 4 aromatic rings. The van der Waals surface area contributed by atoms with Crippen molar-refractivity contribution in [2.24, 2.45) is 5.41 Å². The number of benzene rings is 3. The van der Waals surface area contributed by atoms with E-state index in [2.05, 4.69) is 15.2 Å². The fourth-order valence-electron chi connectivity index (χ4n) is 4.08. The maximum Gasteiger partial charge on any atom is 0.255 e. The fraction of sp³-hybridized carbons (Fsp3) is 0.241. The predicted octanol–water partition coefficient (Wildman–Crippen LogP) is 7.04. The number of carbonyl (C=O) groups excluding carboxylic acids is 2. The summed E-state index contributed by atoms with van der Waals surface area (Å²) >= 11 is 6.79. The second-order valence-corrected chi connectivity index (χ2v) is 10.1. The Balaban J connectivity index is 1.58. The van der Waals surface area contributed by atoms with E-state index in [4.69, 9.17) is 11.6 Å². The smallest absolute Gasteiger partial charge is 0.255 e. The Bertz CT molecular complexity index is 1440. The standard InChI is InChI=1S/C29H29ClFN3O2/c1-5-34-24-14-13-22(16-23(24)25(30)26(34)19-9-11-21(31)12-10-19)33-27(35)20-8-6-7-18(15-20)17-32-28(36)29(2,3)4/h6-16H,5,17H2,1-4H3,(H,32,36)(H,33,35). The molecule has 36 heavy (non-hydrogen) atoms. The molecule has 186 valence electrons. The molecule has 3 aromatic carbocycles. The summed E-state index contributed by atoms with van der Waals surface area (Å²) in [6.07, 6.45) is 0. The third kappa shape index (κ3) is 5.29. The van der Waals surface area contributed by atoms with Crippen molar-refractivity contribution >= 4 is 40.0 Å². The van der Waals surface area contributed by atoms with Gasteiger partial charge in [-0.05, 0) is 72.6 Å². The predicted molar refractivity (Wildman–Crippen MR) is 144 cm³/mol. The van der Waals surface area contributed by atoms with Gasteiger partial charge in [-0.1, -0.05) is 44.5 Å². The molecule has 5 nitrogen and oxygen atoms in total. The van der Waals surface area contributed by atoms with E-state index in [0.717, 1.165) is 27.7 Å². The summed E-state index contributed by atoms with van der Waals surface area (Å²) in [6, 6.07) is 19.0. The topological polar surface area (TPSA) is 63.1 Å². The second kappa shape index (κ2) is 10.2. The molecule has 2 N–H and O–H groups in total. The molecule has 0 unspecified atom stereocenters. The molecule has 0 aliphatic carbocycles. The molecule has 4 rings (SSSR count). The van der Waals surface area contributed by atoms with E-state index in [0.29, 0.717) is 29.4 Å². The van der Waals surface area contributed by atoms with Gasteiger partial charge in [0.15, 0.2) is 0 Å². The van der Waals surface area contributed by atoms with Crippen LogP contribution >= 0.6 is 11.6 Å². The molecule has 0 aliphatic heterocycles. The first-order valence-corrected chi connectivity index (χ1v) is 12.2. The van der Waals surface area contributed by atoms with E-state index in [1.165, 1.54) is 12.1 Å².